The number of methoxy groups -OCH3 is 1. The molecule has 1 saturated heterocycles. The van der Waals surface area contributed by atoms with Crippen LogP contribution in [0.25, 0.3) is 0 Å². The SMILES string of the molecule is COC1CCN(C)C[C@@H]1N. The van der Waals surface area contributed by atoms with Gasteiger partial charge in [-0.15, -0.1) is 0 Å². The third kappa shape index (κ3) is 1.68. The molecule has 0 radical (unpaired) electrons. The second kappa shape index (κ2) is 3.32. The van der Waals surface area contributed by atoms with Gasteiger partial charge in [-0.2, -0.15) is 0 Å². The van der Waals surface area contributed by atoms with Gasteiger partial charge in [0, 0.05) is 26.2 Å². The molecule has 0 aromatic rings. The summed E-state index contributed by atoms with van der Waals surface area (Å²) in [5.41, 5.74) is 5.81. The van der Waals surface area contributed by atoms with Crippen LogP contribution < -0.4 is 5.73 Å². The van der Waals surface area contributed by atoms with Crippen molar-refractivity contribution >= 4 is 0 Å². The molecule has 0 aromatic carbocycles. The fourth-order valence-electron chi connectivity index (χ4n) is 1.42. The lowest BCUT2D eigenvalue weighted by Crippen LogP contribution is -2.50. The summed E-state index contributed by atoms with van der Waals surface area (Å²) in [7, 11) is 3.82. The highest BCUT2D eigenvalue weighted by Crippen LogP contribution is 2.09. The Hall–Kier alpha value is -0.120. The number of nitrogens with two attached hydrogens (primary N) is 1. The van der Waals surface area contributed by atoms with E-state index in [-0.39, 0.29) is 12.1 Å². The highest BCUT2D eigenvalue weighted by molar-refractivity contribution is 4.81. The highest BCUT2D eigenvalue weighted by Gasteiger charge is 2.23. The van der Waals surface area contributed by atoms with E-state index in [2.05, 4.69) is 11.9 Å². The minimum Gasteiger partial charge on any atom is -0.380 e. The molecule has 2 atom stereocenters. The van der Waals surface area contributed by atoms with Crippen molar-refractivity contribution in [2.24, 2.45) is 5.73 Å². The first-order valence-electron chi connectivity index (χ1n) is 3.71. The molecular weight excluding hydrogens is 128 g/mol. The van der Waals surface area contributed by atoms with Crippen molar-refractivity contribution < 1.29 is 4.74 Å². The summed E-state index contributed by atoms with van der Waals surface area (Å²) in [4.78, 5) is 2.24. The molecule has 1 heterocycles. The fourth-order valence-corrected chi connectivity index (χ4v) is 1.42. The first-order valence-corrected chi connectivity index (χ1v) is 3.71. The Bertz CT molecular complexity index is 108. The van der Waals surface area contributed by atoms with Crippen molar-refractivity contribution in [2.75, 3.05) is 27.2 Å². The normalized spacial score (nSPS) is 36.3. The van der Waals surface area contributed by atoms with Gasteiger partial charge < -0.3 is 15.4 Å². The Kier molecular flexibility index (Phi) is 2.65. The third-order valence-corrected chi connectivity index (χ3v) is 2.10. The molecule has 1 fully saturated rings. The molecule has 1 aliphatic rings. The predicted molar refractivity (Wildman–Crippen MR) is 40.9 cm³/mol. The zero-order valence-corrected chi connectivity index (χ0v) is 6.71. The molecule has 1 rings (SSSR count). The molecular formula is C7H16N2O. The van der Waals surface area contributed by atoms with Gasteiger partial charge >= 0.3 is 0 Å². The molecule has 0 bridgehead atoms. The van der Waals surface area contributed by atoms with E-state index in [4.69, 9.17) is 10.5 Å². The second-order valence-electron chi connectivity index (χ2n) is 2.99. The molecule has 0 saturated carbocycles. The first kappa shape index (κ1) is 7.98. The molecule has 1 unspecified atom stereocenters. The third-order valence-electron chi connectivity index (χ3n) is 2.10. The highest BCUT2D eigenvalue weighted by atomic mass is 16.5. The molecule has 3 heteroatoms. The van der Waals surface area contributed by atoms with E-state index >= 15 is 0 Å². The molecule has 10 heavy (non-hydrogen) atoms. The maximum absolute atomic E-state index is 5.81. The predicted octanol–water partition coefficient (Wildman–Crippen LogP) is -0.336. The van der Waals surface area contributed by atoms with Gasteiger partial charge in [0.1, 0.15) is 0 Å². The van der Waals surface area contributed by atoms with Gasteiger partial charge in [-0.25, -0.2) is 0 Å². The molecule has 0 aromatic heterocycles. The lowest BCUT2D eigenvalue weighted by Gasteiger charge is -2.33. The monoisotopic (exact) mass is 144 g/mol. The molecule has 0 spiro atoms. The zero-order valence-electron chi connectivity index (χ0n) is 6.71. The van der Waals surface area contributed by atoms with E-state index in [0.29, 0.717) is 0 Å². The standard InChI is InChI=1S/C7H16N2O/c1-9-4-3-7(10-2)6(8)5-9/h6-7H,3-5,8H2,1-2H3/t6-,7?/m0/s1. The van der Waals surface area contributed by atoms with Crippen molar-refractivity contribution in [3.63, 3.8) is 0 Å². The first-order chi connectivity index (χ1) is 4.74. The van der Waals surface area contributed by atoms with Crippen molar-refractivity contribution in [1.29, 1.82) is 0 Å². The molecule has 3 nitrogen and oxygen atoms in total. The lowest BCUT2D eigenvalue weighted by atomic mass is 10.0. The quantitative estimate of drug-likeness (QED) is 0.547. The maximum Gasteiger partial charge on any atom is 0.0746 e. The van der Waals surface area contributed by atoms with Crippen LogP contribution in [0.3, 0.4) is 0 Å². The van der Waals surface area contributed by atoms with Crippen LogP contribution in [0.2, 0.25) is 0 Å². The maximum atomic E-state index is 5.81. The van der Waals surface area contributed by atoms with E-state index in [1.54, 1.807) is 7.11 Å². The molecule has 2 N–H and O–H groups in total. The summed E-state index contributed by atoms with van der Waals surface area (Å²) in [6.07, 6.45) is 1.34. The van der Waals surface area contributed by atoms with Crippen LogP contribution in [-0.4, -0.2) is 44.3 Å². The van der Waals surface area contributed by atoms with Crippen molar-refractivity contribution in [2.45, 2.75) is 18.6 Å². The number of ether oxygens (including phenoxy) is 1. The number of hydrogen-bond acceptors (Lipinski definition) is 3. The van der Waals surface area contributed by atoms with Gasteiger partial charge in [0.15, 0.2) is 0 Å². The van der Waals surface area contributed by atoms with Gasteiger partial charge in [0.25, 0.3) is 0 Å². The average molecular weight is 144 g/mol. The van der Waals surface area contributed by atoms with E-state index < -0.39 is 0 Å². The van der Waals surface area contributed by atoms with Crippen LogP contribution >= 0.6 is 0 Å². The minimum absolute atomic E-state index is 0.198. The van der Waals surface area contributed by atoms with Gasteiger partial charge in [-0.1, -0.05) is 0 Å². The van der Waals surface area contributed by atoms with Crippen molar-refractivity contribution in [3.8, 4) is 0 Å². The van der Waals surface area contributed by atoms with Gasteiger partial charge in [-0.3, -0.25) is 0 Å². The summed E-state index contributed by atoms with van der Waals surface area (Å²) in [5, 5.41) is 0. The summed E-state index contributed by atoms with van der Waals surface area (Å²) >= 11 is 0. The smallest absolute Gasteiger partial charge is 0.0746 e. The summed E-state index contributed by atoms with van der Waals surface area (Å²) in [6.45, 7) is 2.06. The number of piperidine rings is 1. The van der Waals surface area contributed by atoms with Crippen LogP contribution in [-0.2, 0) is 4.74 Å². The summed E-state index contributed by atoms with van der Waals surface area (Å²) in [5.74, 6) is 0. The van der Waals surface area contributed by atoms with Crippen LogP contribution in [0.15, 0.2) is 0 Å². The number of hydrogen-bond donors (Lipinski definition) is 1. The van der Waals surface area contributed by atoms with Crippen molar-refractivity contribution in [3.05, 3.63) is 0 Å². The number of likely N-dealkylation sites (tertiary alicyclic amines) is 1. The Balaban J connectivity index is 2.36. The molecule has 1 aliphatic heterocycles. The Labute approximate surface area is 62.1 Å². The second-order valence-corrected chi connectivity index (χ2v) is 2.99. The number of likely N-dealkylation sites (N-methyl/N-ethyl adjacent to an activating group) is 1. The van der Waals surface area contributed by atoms with Crippen LogP contribution in [0.4, 0.5) is 0 Å². The lowest BCUT2D eigenvalue weighted by molar-refractivity contribution is 0.0316. The zero-order chi connectivity index (χ0) is 7.56. The van der Waals surface area contributed by atoms with Gasteiger partial charge in [-0.05, 0) is 13.5 Å². The van der Waals surface area contributed by atoms with Crippen LogP contribution in [0.1, 0.15) is 6.42 Å². The topological polar surface area (TPSA) is 38.5 Å². The molecule has 0 aliphatic carbocycles. The van der Waals surface area contributed by atoms with Gasteiger partial charge in [0.2, 0.25) is 0 Å². The number of rotatable bonds is 1. The van der Waals surface area contributed by atoms with E-state index in [1.165, 1.54) is 0 Å². The minimum atomic E-state index is 0.198. The van der Waals surface area contributed by atoms with E-state index in [1.807, 2.05) is 0 Å². The fraction of sp³-hybridized carbons (Fsp3) is 1.00. The number of nitrogens with zero attached hydrogens (tertiary/aromatic N) is 1. The average Bonchev–Trinajstić information content (AvgIpc) is 1.88. The van der Waals surface area contributed by atoms with E-state index in [9.17, 15) is 0 Å². The largest absolute Gasteiger partial charge is 0.380 e. The summed E-state index contributed by atoms with van der Waals surface area (Å²) in [6, 6.07) is 0.198. The Morgan fingerprint density at radius 1 is 1.60 bits per heavy atom. The van der Waals surface area contributed by atoms with Gasteiger partial charge in [0.05, 0.1) is 6.10 Å². The molecule has 60 valence electrons. The Morgan fingerprint density at radius 2 is 2.30 bits per heavy atom. The van der Waals surface area contributed by atoms with Crippen LogP contribution in [0.5, 0.6) is 0 Å². The van der Waals surface area contributed by atoms with Crippen molar-refractivity contribution in [1.82, 2.24) is 4.90 Å². The van der Waals surface area contributed by atoms with Crippen LogP contribution in [0, 0.1) is 0 Å². The summed E-state index contributed by atoms with van der Waals surface area (Å²) < 4.78 is 5.20. The van der Waals surface area contributed by atoms with E-state index in [0.717, 1.165) is 19.5 Å². The molecule has 0 amide bonds. The Morgan fingerprint density at radius 3 is 2.80 bits per heavy atom.